The second-order valence-corrected chi connectivity index (χ2v) is 5.68. The van der Waals surface area contributed by atoms with Crippen molar-refractivity contribution in [1.82, 2.24) is 25.5 Å². The number of carbonyl (C=O) groups is 1. The highest BCUT2D eigenvalue weighted by Gasteiger charge is 2.30. The van der Waals surface area contributed by atoms with Crippen LogP contribution in [0.1, 0.15) is 44.1 Å². The average Bonchev–Trinajstić information content (AvgIpc) is 2.88. The number of hydrogen-bond acceptors (Lipinski definition) is 4. The van der Waals surface area contributed by atoms with E-state index in [1.54, 1.807) is 4.68 Å². The number of aryl methyl sites for hydroxylation is 2. The van der Waals surface area contributed by atoms with Gasteiger partial charge in [0, 0.05) is 6.42 Å². The van der Waals surface area contributed by atoms with E-state index < -0.39 is 5.54 Å². The van der Waals surface area contributed by atoms with Crippen molar-refractivity contribution in [1.29, 1.82) is 0 Å². The Kier molecular flexibility index (Phi) is 4.06. The number of hydrogen-bond donors (Lipinski definition) is 1. The van der Waals surface area contributed by atoms with Crippen molar-refractivity contribution in [3.63, 3.8) is 0 Å². The first-order valence-electron chi connectivity index (χ1n) is 7.03. The molecular formula is C15H21N5O. The van der Waals surface area contributed by atoms with Gasteiger partial charge < -0.3 is 5.32 Å². The molecule has 21 heavy (non-hydrogen) atoms. The minimum absolute atomic E-state index is 0.0314. The van der Waals surface area contributed by atoms with Crippen molar-refractivity contribution >= 4 is 5.91 Å². The predicted octanol–water partition coefficient (Wildman–Crippen LogP) is 2.04. The van der Waals surface area contributed by atoms with Crippen molar-refractivity contribution in [2.75, 3.05) is 0 Å². The summed E-state index contributed by atoms with van der Waals surface area (Å²) in [5, 5.41) is 15.0. The van der Waals surface area contributed by atoms with Crippen LogP contribution in [-0.4, -0.2) is 26.1 Å². The molecule has 0 aliphatic carbocycles. The van der Waals surface area contributed by atoms with E-state index in [0.717, 1.165) is 16.8 Å². The van der Waals surface area contributed by atoms with Gasteiger partial charge in [-0.05, 0) is 49.2 Å². The van der Waals surface area contributed by atoms with Crippen LogP contribution in [0.4, 0.5) is 0 Å². The molecule has 0 saturated heterocycles. The Morgan fingerprint density at radius 2 is 1.90 bits per heavy atom. The van der Waals surface area contributed by atoms with Crippen LogP contribution in [0, 0.1) is 13.8 Å². The largest absolute Gasteiger partial charge is 0.344 e. The van der Waals surface area contributed by atoms with E-state index in [4.69, 9.17) is 0 Å². The van der Waals surface area contributed by atoms with Gasteiger partial charge in [0.05, 0.1) is 11.2 Å². The number of para-hydroxylation sites is 1. The number of tetrazole rings is 1. The van der Waals surface area contributed by atoms with E-state index in [1.807, 2.05) is 52.8 Å². The second-order valence-electron chi connectivity index (χ2n) is 5.68. The van der Waals surface area contributed by atoms with Crippen LogP contribution >= 0.6 is 0 Å². The highest BCUT2D eigenvalue weighted by atomic mass is 16.1. The zero-order chi connectivity index (χ0) is 15.6. The topological polar surface area (TPSA) is 72.7 Å². The number of carbonyl (C=O) groups excluding carboxylic acids is 1. The molecule has 0 spiro atoms. The van der Waals surface area contributed by atoms with Crippen LogP contribution in [0.15, 0.2) is 18.2 Å². The summed E-state index contributed by atoms with van der Waals surface area (Å²) in [6.07, 6.45) is 0.425. The summed E-state index contributed by atoms with van der Waals surface area (Å²) in [5.74, 6) is 0.581. The quantitative estimate of drug-likeness (QED) is 0.934. The Labute approximate surface area is 124 Å². The number of nitrogens with one attached hydrogen (secondary N) is 1. The smallest absolute Gasteiger partial charge is 0.220 e. The van der Waals surface area contributed by atoms with E-state index in [0.29, 0.717) is 12.2 Å². The Balaban J connectivity index is 2.50. The lowest BCUT2D eigenvalue weighted by Gasteiger charge is -2.25. The van der Waals surface area contributed by atoms with Crippen molar-refractivity contribution in [3.05, 3.63) is 35.2 Å². The Bertz CT molecular complexity index is 640. The molecule has 1 aromatic carbocycles. The summed E-state index contributed by atoms with van der Waals surface area (Å²) in [6, 6.07) is 6.04. The molecule has 0 aliphatic heterocycles. The van der Waals surface area contributed by atoms with Crippen LogP contribution in [0.3, 0.4) is 0 Å². The third-order valence-electron chi connectivity index (χ3n) is 3.45. The van der Waals surface area contributed by atoms with E-state index in [-0.39, 0.29) is 5.91 Å². The standard InChI is InChI=1S/C15H21N5O/c1-6-12(21)16-15(4,5)14-17-18-19-20(14)13-10(2)8-7-9-11(13)3/h7-9H,6H2,1-5H3,(H,16,21). The molecule has 1 amide bonds. The molecular weight excluding hydrogens is 266 g/mol. The molecule has 1 heterocycles. The molecule has 0 radical (unpaired) electrons. The minimum Gasteiger partial charge on any atom is -0.344 e. The molecule has 1 N–H and O–H groups in total. The van der Waals surface area contributed by atoms with Gasteiger partial charge >= 0.3 is 0 Å². The molecule has 1 aromatic heterocycles. The number of rotatable bonds is 4. The summed E-state index contributed by atoms with van der Waals surface area (Å²) in [4.78, 5) is 11.7. The maximum absolute atomic E-state index is 11.7. The third-order valence-corrected chi connectivity index (χ3v) is 3.45. The van der Waals surface area contributed by atoms with Crippen molar-refractivity contribution in [3.8, 4) is 5.69 Å². The molecule has 0 aliphatic rings. The zero-order valence-corrected chi connectivity index (χ0v) is 13.1. The van der Waals surface area contributed by atoms with Crippen LogP contribution in [-0.2, 0) is 10.3 Å². The van der Waals surface area contributed by atoms with Crippen molar-refractivity contribution in [2.45, 2.75) is 46.6 Å². The SMILES string of the molecule is CCC(=O)NC(C)(C)c1nnnn1-c1c(C)cccc1C. The van der Waals surface area contributed by atoms with Crippen LogP contribution in [0.2, 0.25) is 0 Å². The highest BCUT2D eigenvalue weighted by molar-refractivity contribution is 5.76. The second kappa shape index (κ2) is 5.63. The van der Waals surface area contributed by atoms with E-state index >= 15 is 0 Å². The molecule has 6 heteroatoms. The molecule has 2 aromatic rings. The summed E-state index contributed by atoms with van der Waals surface area (Å²) >= 11 is 0. The van der Waals surface area contributed by atoms with Crippen LogP contribution in [0.5, 0.6) is 0 Å². The van der Waals surface area contributed by atoms with E-state index in [1.165, 1.54) is 0 Å². The molecule has 2 rings (SSSR count). The molecule has 0 fully saturated rings. The molecule has 112 valence electrons. The molecule has 6 nitrogen and oxygen atoms in total. The van der Waals surface area contributed by atoms with Crippen molar-refractivity contribution < 1.29 is 4.79 Å². The third kappa shape index (κ3) is 2.94. The number of amides is 1. The molecule has 0 saturated carbocycles. The van der Waals surface area contributed by atoms with E-state index in [2.05, 4.69) is 20.8 Å². The fourth-order valence-corrected chi connectivity index (χ4v) is 2.36. The van der Waals surface area contributed by atoms with E-state index in [9.17, 15) is 4.79 Å². The Hall–Kier alpha value is -2.24. The highest BCUT2D eigenvalue weighted by Crippen LogP contribution is 2.24. The summed E-state index contributed by atoms with van der Waals surface area (Å²) in [6.45, 7) is 9.66. The van der Waals surface area contributed by atoms with Gasteiger partial charge in [0.1, 0.15) is 0 Å². The fourth-order valence-electron chi connectivity index (χ4n) is 2.36. The maximum Gasteiger partial charge on any atom is 0.220 e. The lowest BCUT2D eigenvalue weighted by atomic mass is 10.0. The maximum atomic E-state index is 11.7. The number of aromatic nitrogens is 4. The first-order valence-corrected chi connectivity index (χ1v) is 7.03. The van der Waals surface area contributed by atoms with Gasteiger partial charge in [0.25, 0.3) is 0 Å². The van der Waals surface area contributed by atoms with Crippen LogP contribution in [0.25, 0.3) is 5.69 Å². The number of nitrogens with zero attached hydrogens (tertiary/aromatic N) is 4. The van der Waals surface area contributed by atoms with Gasteiger partial charge in [-0.2, -0.15) is 4.68 Å². The molecule has 0 bridgehead atoms. The summed E-state index contributed by atoms with van der Waals surface area (Å²) in [5.41, 5.74) is 2.48. The lowest BCUT2D eigenvalue weighted by Crippen LogP contribution is -2.42. The molecule has 0 unspecified atom stereocenters. The normalized spacial score (nSPS) is 11.5. The minimum atomic E-state index is -0.648. The summed E-state index contributed by atoms with van der Waals surface area (Å²) in [7, 11) is 0. The lowest BCUT2D eigenvalue weighted by molar-refractivity contribution is -0.122. The predicted molar refractivity (Wildman–Crippen MR) is 80.1 cm³/mol. The zero-order valence-electron chi connectivity index (χ0n) is 13.1. The van der Waals surface area contributed by atoms with Gasteiger partial charge in [-0.3, -0.25) is 4.79 Å². The van der Waals surface area contributed by atoms with Gasteiger partial charge in [-0.25, -0.2) is 0 Å². The van der Waals surface area contributed by atoms with Crippen LogP contribution < -0.4 is 5.32 Å². The monoisotopic (exact) mass is 287 g/mol. The first-order chi connectivity index (χ1) is 9.86. The van der Waals surface area contributed by atoms with Gasteiger partial charge in [0.15, 0.2) is 5.82 Å². The Morgan fingerprint density at radius 3 is 2.48 bits per heavy atom. The molecule has 0 atom stereocenters. The fraction of sp³-hybridized carbons (Fsp3) is 0.467. The number of benzene rings is 1. The van der Waals surface area contributed by atoms with Gasteiger partial charge in [-0.1, -0.05) is 25.1 Å². The van der Waals surface area contributed by atoms with Gasteiger partial charge in [0.2, 0.25) is 5.91 Å². The first kappa shape index (κ1) is 15.2. The summed E-state index contributed by atoms with van der Waals surface area (Å²) < 4.78 is 1.71. The Morgan fingerprint density at radius 1 is 1.29 bits per heavy atom. The van der Waals surface area contributed by atoms with Crippen molar-refractivity contribution in [2.24, 2.45) is 0 Å². The average molecular weight is 287 g/mol. The van der Waals surface area contributed by atoms with Gasteiger partial charge in [-0.15, -0.1) is 5.10 Å².